The Morgan fingerprint density at radius 1 is 1.05 bits per heavy atom. The first-order valence-electron chi connectivity index (χ1n) is 12.9. The zero-order valence-electron chi connectivity index (χ0n) is 21.5. The summed E-state index contributed by atoms with van der Waals surface area (Å²) in [6, 6.07) is 9.41. The monoisotopic (exact) mass is 543 g/mol. The number of nitrogens with one attached hydrogen (secondary N) is 2. The van der Waals surface area contributed by atoms with Crippen molar-refractivity contribution >= 4 is 22.8 Å². The number of fused-ring (bicyclic) bond motifs is 1. The molecule has 2 aromatic carbocycles. The maximum atomic E-state index is 13.5. The third-order valence-electron chi connectivity index (χ3n) is 6.72. The molecule has 0 bridgehead atoms. The van der Waals surface area contributed by atoms with Gasteiger partial charge in [0.15, 0.2) is 11.6 Å². The van der Waals surface area contributed by atoms with E-state index < -0.39 is 23.1 Å². The van der Waals surface area contributed by atoms with Gasteiger partial charge in [-0.15, -0.1) is 0 Å². The molecule has 5 rings (SSSR count). The van der Waals surface area contributed by atoms with Crippen LogP contribution in [0.2, 0.25) is 0 Å². The largest absolute Gasteiger partial charge is 0.366 e. The highest BCUT2D eigenvalue weighted by atomic mass is 19.2. The summed E-state index contributed by atoms with van der Waals surface area (Å²) in [4.78, 5) is 38.4. The molecule has 4 N–H and O–H groups in total. The maximum Gasteiger partial charge on any atom is 0.266 e. The van der Waals surface area contributed by atoms with E-state index in [1.54, 1.807) is 6.20 Å². The number of benzene rings is 2. The van der Waals surface area contributed by atoms with Gasteiger partial charge in [-0.2, -0.15) is 0 Å². The van der Waals surface area contributed by atoms with Crippen LogP contribution in [0.15, 0.2) is 59.9 Å². The van der Waals surface area contributed by atoms with E-state index in [1.165, 1.54) is 12.4 Å². The third-order valence-corrected chi connectivity index (χ3v) is 6.72. The molecule has 1 amide bonds. The lowest BCUT2D eigenvalue weighted by Crippen LogP contribution is -2.33. The van der Waals surface area contributed by atoms with Gasteiger partial charge in [0.1, 0.15) is 11.4 Å². The first-order chi connectivity index (χ1) is 19.4. The minimum atomic E-state index is -1.02. The number of nitrogens with zero attached hydrogens (tertiary/aromatic N) is 4. The van der Waals surface area contributed by atoms with E-state index in [0.717, 1.165) is 54.1 Å². The number of amides is 1. The minimum Gasteiger partial charge on any atom is -0.366 e. The summed E-state index contributed by atoms with van der Waals surface area (Å²) in [5.41, 5.74) is 7.69. The Morgan fingerprint density at radius 2 is 1.88 bits per heavy atom. The van der Waals surface area contributed by atoms with Crippen LogP contribution in [0.4, 0.5) is 14.6 Å². The van der Waals surface area contributed by atoms with Crippen LogP contribution in [-0.2, 0) is 6.54 Å². The fourth-order valence-electron chi connectivity index (χ4n) is 4.55. The van der Waals surface area contributed by atoms with Crippen LogP contribution < -0.4 is 21.9 Å². The molecule has 40 heavy (non-hydrogen) atoms. The molecular formula is C29H27F2N7O2. The topological polar surface area (TPSA) is 128 Å². The lowest BCUT2D eigenvalue weighted by molar-refractivity contribution is 0.0956. The van der Waals surface area contributed by atoms with Crippen molar-refractivity contribution in [1.82, 2.24) is 24.8 Å². The van der Waals surface area contributed by atoms with Crippen LogP contribution >= 0.6 is 0 Å². The highest BCUT2D eigenvalue weighted by Crippen LogP contribution is 2.21. The van der Waals surface area contributed by atoms with Crippen molar-refractivity contribution in [2.45, 2.75) is 44.3 Å². The lowest BCUT2D eigenvalue weighted by atomic mass is 9.92. The van der Waals surface area contributed by atoms with E-state index in [2.05, 4.69) is 37.4 Å². The quantitative estimate of drug-likeness (QED) is 0.319. The molecule has 1 fully saturated rings. The normalized spacial score (nSPS) is 16.7. The van der Waals surface area contributed by atoms with Crippen molar-refractivity contribution in [3.05, 3.63) is 93.8 Å². The number of carbonyl (C=O) groups excluding carboxylic acids is 1. The summed E-state index contributed by atoms with van der Waals surface area (Å²) in [7, 11) is 0. The number of carbonyl (C=O) groups is 1. The van der Waals surface area contributed by atoms with Gasteiger partial charge in [-0.1, -0.05) is 17.9 Å². The average Bonchev–Trinajstić information content (AvgIpc) is 2.95. The van der Waals surface area contributed by atoms with E-state index >= 15 is 0 Å². The Balaban J connectivity index is 1.21. The van der Waals surface area contributed by atoms with Gasteiger partial charge < -0.3 is 16.4 Å². The van der Waals surface area contributed by atoms with Crippen LogP contribution in [0.5, 0.6) is 0 Å². The summed E-state index contributed by atoms with van der Waals surface area (Å²) in [5, 5.41) is 6.03. The second-order valence-electron chi connectivity index (χ2n) is 9.69. The van der Waals surface area contributed by atoms with Crippen LogP contribution in [0.3, 0.4) is 0 Å². The Labute approximate surface area is 228 Å². The smallest absolute Gasteiger partial charge is 0.266 e. The number of hydrogen-bond donors (Lipinski definition) is 3. The van der Waals surface area contributed by atoms with Gasteiger partial charge in [0.05, 0.1) is 36.6 Å². The maximum absolute atomic E-state index is 13.5. The molecule has 204 valence electrons. The number of rotatable bonds is 6. The summed E-state index contributed by atoms with van der Waals surface area (Å²) >= 11 is 0. The summed E-state index contributed by atoms with van der Waals surface area (Å²) in [5.74, 6) is 3.92. The van der Waals surface area contributed by atoms with Gasteiger partial charge >= 0.3 is 0 Å². The second kappa shape index (κ2) is 12.0. The fourth-order valence-corrected chi connectivity index (χ4v) is 4.55. The van der Waals surface area contributed by atoms with E-state index in [1.807, 2.05) is 18.2 Å². The SMILES string of the molecule is N[C@H]1CC[C@H](Nc2cnc3ccc(C#CCNC(=O)c4cncn(Cc5ccc(F)c(F)c5)c4=O)cc3n2)CC1. The second-order valence-corrected chi connectivity index (χ2v) is 9.69. The van der Waals surface area contributed by atoms with Crippen molar-refractivity contribution in [3.8, 4) is 11.8 Å². The minimum absolute atomic E-state index is 0.00846. The zero-order valence-corrected chi connectivity index (χ0v) is 21.5. The number of halogens is 2. The predicted molar refractivity (Wildman–Crippen MR) is 147 cm³/mol. The standard InChI is InChI=1S/C29H27F2N7O2/c30-23-9-3-19(12-24(23)31)16-38-17-33-14-22(29(38)40)28(39)34-11-1-2-18-4-10-25-26(13-18)37-27(15-35-25)36-21-7-5-20(32)6-8-21/h3-4,9-10,12-15,17,20-21H,5-8,11,16,32H2,(H,34,39)(H,36,37)/t20-,21-. The number of hydrogen-bond acceptors (Lipinski definition) is 7. The van der Waals surface area contributed by atoms with Crippen molar-refractivity contribution in [1.29, 1.82) is 0 Å². The zero-order chi connectivity index (χ0) is 28.1. The van der Waals surface area contributed by atoms with E-state index in [-0.39, 0.29) is 24.7 Å². The molecule has 11 heteroatoms. The molecular weight excluding hydrogens is 516 g/mol. The summed E-state index contributed by atoms with van der Waals surface area (Å²) in [6.45, 7) is -0.0770. The molecule has 0 saturated heterocycles. The molecule has 4 aromatic rings. The van der Waals surface area contributed by atoms with Crippen molar-refractivity contribution < 1.29 is 13.6 Å². The molecule has 1 aliphatic carbocycles. The van der Waals surface area contributed by atoms with Gasteiger partial charge in [-0.25, -0.2) is 18.7 Å². The summed E-state index contributed by atoms with van der Waals surface area (Å²) in [6.07, 6.45) is 8.09. The molecule has 1 saturated carbocycles. The lowest BCUT2D eigenvalue weighted by Gasteiger charge is -2.27. The average molecular weight is 544 g/mol. The summed E-state index contributed by atoms with van der Waals surface area (Å²) < 4.78 is 27.8. The Morgan fingerprint density at radius 3 is 2.67 bits per heavy atom. The first kappa shape index (κ1) is 26.9. The Kier molecular flexibility index (Phi) is 8.07. The number of aromatic nitrogens is 4. The predicted octanol–water partition coefficient (Wildman–Crippen LogP) is 2.98. The highest BCUT2D eigenvalue weighted by molar-refractivity contribution is 5.93. The van der Waals surface area contributed by atoms with Crippen LogP contribution in [0.1, 0.15) is 47.2 Å². The Bertz CT molecular complexity index is 1670. The van der Waals surface area contributed by atoms with Gasteiger partial charge in [0, 0.05) is 23.8 Å². The molecule has 2 heterocycles. The van der Waals surface area contributed by atoms with Gasteiger partial charge in [-0.3, -0.25) is 19.1 Å². The van der Waals surface area contributed by atoms with Crippen molar-refractivity contribution in [3.63, 3.8) is 0 Å². The van der Waals surface area contributed by atoms with E-state index in [0.29, 0.717) is 28.5 Å². The first-order valence-corrected chi connectivity index (χ1v) is 12.9. The molecule has 2 aromatic heterocycles. The van der Waals surface area contributed by atoms with E-state index in [4.69, 9.17) is 5.73 Å². The molecule has 0 atom stereocenters. The van der Waals surface area contributed by atoms with Gasteiger partial charge in [0.25, 0.3) is 11.5 Å². The Hall–Kier alpha value is -4.69. The number of anilines is 1. The van der Waals surface area contributed by atoms with Gasteiger partial charge in [0.2, 0.25) is 0 Å². The van der Waals surface area contributed by atoms with Crippen molar-refractivity contribution in [2.75, 3.05) is 11.9 Å². The number of nitrogens with two attached hydrogens (primary N) is 1. The molecule has 0 radical (unpaired) electrons. The van der Waals surface area contributed by atoms with Crippen molar-refractivity contribution in [2.24, 2.45) is 5.73 Å². The molecule has 0 unspecified atom stereocenters. The van der Waals surface area contributed by atoms with Crippen LogP contribution in [-0.4, -0.2) is 44.1 Å². The molecule has 0 aliphatic heterocycles. The van der Waals surface area contributed by atoms with Crippen LogP contribution in [0.25, 0.3) is 11.0 Å². The molecule has 1 aliphatic rings. The van der Waals surface area contributed by atoms with E-state index in [9.17, 15) is 18.4 Å². The molecule has 9 nitrogen and oxygen atoms in total. The molecule has 0 spiro atoms. The van der Waals surface area contributed by atoms with Crippen LogP contribution in [0, 0.1) is 23.5 Å². The van der Waals surface area contributed by atoms with Gasteiger partial charge in [-0.05, 0) is 61.6 Å². The fraction of sp³-hybridized carbons (Fsp3) is 0.276. The third kappa shape index (κ3) is 6.47. The highest BCUT2D eigenvalue weighted by Gasteiger charge is 2.19.